The second-order valence-electron chi connectivity index (χ2n) is 9.50. The molecule has 37 heavy (non-hydrogen) atoms. The third kappa shape index (κ3) is 5.37. The maximum absolute atomic E-state index is 13.9. The number of benzene rings is 2. The van der Waals surface area contributed by atoms with Crippen LogP contribution in [0.15, 0.2) is 30.3 Å². The van der Waals surface area contributed by atoms with Gasteiger partial charge in [0.2, 0.25) is 0 Å². The lowest BCUT2D eigenvalue weighted by molar-refractivity contribution is 0.0948. The summed E-state index contributed by atoms with van der Waals surface area (Å²) in [5.41, 5.74) is 2.57. The molecule has 1 aliphatic carbocycles. The monoisotopic (exact) mass is 523 g/mol. The molecule has 9 nitrogen and oxygen atoms in total. The summed E-state index contributed by atoms with van der Waals surface area (Å²) in [6, 6.07) is 8.66. The van der Waals surface area contributed by atoms with E-state index in [1.165, 1.54) is 11.3 Å². The highest BCUT2D eigenvalue weighted by Gasteiger charge is 2.36. The number of amides is 1. The maximum atomic E-state index is 13.9. The quantitative estimate of drug-likeness (QED) is 0.222. The third-order valence-corrected chi connectivity index (χ3v) is 7.34. The molecule has 1 heterocycles. The fourth-order valence-electron chi connectivity index (χ4n) is 4.39. The van der Waals surface area contributed by atoms with Gasteiger partial charge >= 0.3 is 0 Å². The molecule has 1 amide bonds. The Morgan fingerprint density at radius 1 is 0.865 bits per heavy atom. The molecule has 10 heteroatoms. The van der Waals surface area contributed by atoms with Crippen molar-refractivity contribution in [1.29, 1.82) is 0 Å². The van der Waals surface area contributed by atoms with Gasteiger partial charge < -0.3 is 30.9 Å². The summed E-state index contributed by atoms with van der Waals surface area (Å²) in [6.45, 7) is 2.50. The van der Waals surface area contributed by atoms with E-state index >= 15 is 0 Å². The number of hydrogen-bond acceptors (Lipinski definition) is 9. The SMILES string of the molecule is CN(C)CCNc1c2c(c(NCCN(C)C)c3sc(C(=O)NCCO)cc13)C(=O)c1ccccc1C2=O. The van der Waals surface area contributed by atoms with Gasteiger partial charge in [0.1, 0.15) is 0 Å². The van der Waals surface area contributed by atoms with Crippen LogP contribution in [0, 0.1) is 0 Å². The summed E-state index contributed by atoms with van der Waals surface area (Å²) in [4.78, 5) is 45.1. The van der Waals surface area contributed by atoms with Gasteiger partial charge in [0.25, 0.3) is 5.91 Å². The number of nitrogens with one attached hydrogen (secondary N) is 3. The average molecular weight is 524 g/mol. The van der Waals surface area contributed by atoms with E-state index in [4.69, 9.17) is 5.11 Å². The van der Waals surface area contributed by atoms with Crippen LogP contribution >= 0.6 is 11.3 Å². The van der Waals surface area contributed by atoms with E-state index < -0.39 is 0 Å². The van der Waals surface area contributed by atoms with Gasteiger partial charge in [-0.1, -0.05) is 24.3 Å². The largest absolute Gasteiger partial charge is 0.395 e. The molecular formula is C27H33N5O4S. The van der Waals surface area contributed by atoms with Crippen molar-refractivity contribution >= 4 is 50.3 Å². The number of fused-ring (bicyclic) bond motifs is 3. The lowest BCUT2D eigenvalue weighted by Gasteiger charge is -2.25. The van der Waals surface area contributed by atoms with Crippen molar-refractivity contribution in [2.75, 3.05) is 78.2 Å². The lowest BCUT2D eigenvalue weighted by atomic mass is 9.81. The summed E-state index contributed by atoms with van der Waals surface area (Å²) < 4.78 is 0.736. The van der Waals surface area contributed by atoms with E-state index in [1.54, 1.807) is 30.3 Å². The number of aliphatic hydroxyl groups excluding tert-OH is 1. The lowest BCUT2D eigenvalue weighted by Crippen LogP contribution is -2.27. The zero-order valence-electron chi connectivity index (χ0n) is 21.6. The summed E-state index contributed by atoms with van der Waals surface area (Å²) in [7, 11) is 7.85. The zero-order chi connectivity index (χ0) is 26.7. The molecule has 0 aliphatic heterocycles. The number of rotatable bonds is 11. The highest BCUT2D eigenvalue weighted by atomic mass is 32.1. The molecule has 1 aromatic heterocycles. The van der Waals surface area contributed by atoms with Gasteiger partial charge in [-0.15, -0.1) is 11.3 Å². The molecular weight excluding hydrogens is 490 g/mol. The van der Waals surface area contributed by atoms with Crippen LogP contribution in [0.5, 0.6) is 0 Å². The first-order valence-electron chi connectivity index (χ1n) is 12.2. The Hall–Kier alpha value is -3.31. The van der Waals surface area contributed by atoms with Crippen molar-refractivity contribution in [2.45, 2.75) is 0 Å². The van der Waals surface area contributed by atoms with Gasteiger partial charge in [-0.2, -0.15) is 0 Å². The molecule has 4 rings (SSSR count). The molecule has 0 saturated carbocycles. The summed E-state index contributed by atoms with van der Waals surface area (Å²) >= 11 is 1.27. The predicted molar refractivity (Wildman–Crippen MR) is 149 cm³/mol. The van der Waals surface area contributed by atoms with Crippen molar-refractivity contribution in [2.24, 2.45) is 0 Å². The van der Waals surface area contributed by atoms with Gasteiger partial charge in [-0.3, -0.25) is 14.4 Å². The standard InChI is InChI=1S/C27H33N5O4S/c1-31(2)12-9-28-22-18-15-19(27(36)30-11-14-33)37-26(18)23(29-10-13-32(3)4)21-20(22)24(34)16-7-5-6-8-17(16)25(21)35/h5-8,15,28-29,33H,9-14H2,1-4H3,(H,30,36). The fourth-order valence-corrected chi connectivity index (χ4v) is 5.50. The minimum Gasteiger partial charge on any atom is -0.395 e. The number of aliphatic hydroxyl groups is 1. The highest BCUT2D eigenvalue weighted by Crippen LogP contribution is 2.46. The molecule has 0 saturated heterocycles. The van der Waals surface area contributed by atoms with E-state index in [0.717, 1.165) is 4.70 Å². The Kier molecular flexibility index (Phi) is 8.23. The van der Waals surface area contributed by atoms with Gasteiger partial charge in [0.15, 0.2) is 11.6 Å². The molecule has 3 aromatic rings. The van der Waals surface area contributed by atoms with E-state index in [0.29, 0.717) is 70.1 Å². The number of nitrogens with zero attached hydrogens (tertiary/aromatic N) is 2. The smallest absolute Gasteiger partial charge is 0.261 e. The molecule has 1 aliphatic rings. The Morgan fingerprint density at radius 2 is 1.41 bits per heavy atom. The molecule has 0 unspecified atom stereocenters. The number of carbonyl (C=O) groups excluding carboxylic acids is 3. The van der Waals surface area contributed by atoms with Crippen LogP contribution in [-0.2, 0) is 0 Å². The maximum Gasteiger partial charge on any atom is 0.261 e. The minimum absolute atomic E-state index is 0.137. The Balaban J connectivity index is 1.97. The minimum atomic E-state index is -0.312. The first kappa shape index (κ1) is 26.7. The summed E-state index contributed by atoms with van der Waals surface area (Å²) in [6.07, 6.45) is 0. The van der Waals surface area contributed by atoms with Gasteiger partial charge in [-0.05, 0) is 34.3 Å². The molecule has 196 valence electrons. The van der Waals surface area contributed by atoms with Crippen LogP contribution < -0.4 is 16.0 Å². The third-order valence-electron chi connectivity index (χ3n) is 6.19. The average Bonchev–Trinajstić information content (AvgIpc) is 3.31. The van der Waals surface area contributed by atoms with E-state index in [-0.39, 0.29) is 30.6 Å². The van der Waals surface area contributed by atoms with Crippen molar-refractivity contribution in [3.63, 3.8) is 0 Å². The molecule has 4 N–H and O–H groups in total. The van der Waals surface area contributed by atoms with E-state index in [1.807, 2.05) is 38.0 Å². The van der Waals surface area contributed by atoms with E-state index in [2.05, 4.69) is 16.0 Å². The van der Waals surface area contributed by atoms with Crippen molar-refractivity contribution in [3.8, 4) is 0 Å². The Labute approximate surface area is 220 Å². The number of hydrogen-bond donors (Lipinski definition) is 4. The van der Waals surface area contributed by atoms with Crippen molar-refractivity contribution in [1.82, 2.24) is 15.1 Å². The molecule has 0 spiro atoms. The first-order chi connectivity index (χ1) is 17.7. The molecule has 2 aromatic carbocycles. The Bertz CT molecular complexity index is 1260. The van der Waals surface area contributed by atoms with Crippen molar-refractivity contribution in [3.05, 3.63) is 57.5 Å². The predicted octanol–water partition coefficient (Wildman–Crippen LogP) is 2.35. The first-order valence-corrected chi connectivity index (χ1v) is 13.0. The number of thiophene rings is 1. The number of carbonyl (C=O) groups is 3. The van der Waals surface area contributed by atoms with Crippen LogP contribution in [-0.4, -0.2) is 99.9 Å². The number of likely N-dealkylation sites (N-methyl/N-ethyl adjacent to an activating group) is 2. The van der Waals surface area contributed by atoms with Gasteiger partial charge in [0, 0.05) is 49.2 Å². The van der Waals surface area contributed by atoms with E-state index in [9.17, 15) is 14.4 Å². The topological polar surface area (TPSA) is 114 Å². The fraction of sp³-hybridized carbons (Fsp3) is 0.370. The number of anilines is 2. The molecule has 0 radical (unpaired) electrons. The van der Waals surface area contributed by atoms with Crippen LogP contribution in [0.3, 0.4) is 0 Å². The second-order valence-corrected chi connectivity index (χ2v) is 10.5. The second kappa shape index (κ2) is 11.4. The van der Waals surface area contributed by atoms with Crippen LogP contribution in [0.1, 0.15) is 41.5 Å². The van der Waals surface area contributed by atoms with Crippen LogP contribution in [0.25, 0.3) is 10.1 Å². The highest BCUT2D eigenvalue weighted by molar-refractivity contribution is 7.21. The Morgan fingerprint density at radius 3 is 1.95 bits per heavy atom. The molecule has 0 bridgehead atoms. The molecule has 0 atom stereocenters. The van der Waals surface area contributed by atoms with Gasteiger partial charge in [0.05, 0.1) is 38.7 Å². The van der Waals surface area contributed by atoms with Gasteiger partial charge in [-0.25, -0.2) is 0 Å². The normalized spacial score (nSPS) is 12.7. The van der Waals surface area contributed by atoms with Crippen molar-refractivity contribution < 1.29 is 19.5 Å². The summed E-state index contributed by atoms with van der Waals surface area (Å²) in [5.74, 6) is -0.741. The molecule has 0 fully saturated rings. The summed E-state index contributed by atoms with van der Waals surface area (Å²) in [5, 5.41) is 19.4. The van der Waals surface area contributed by atoms with Crippen LogP contribution in [0.4, 0.5) is 11.4 Å². The zero-order valence-corrected chi connectivity index (χ0v) is 22.4. The number of ketones is 2. The van der Waals surface area contributed by atoms with Crippen LogP contribution in [0.2, 0.25) is 0 Å².